The number of amides is 2. The fraction of sp³-hybridized carbons (Fsp3) is 0.167. The van der Waals surface area contributed by atoms with Gasteiger partial charge in [0.25, 0.3) is 0 Å². The average molecular weight is 320 g/mol. The van der Waals surface area contributed by atoms with Gasteiger partial charge in [-0.15, -0.1) is 0 Å². The Morgan fingerprint density at radius 3 is 2.92 bits per heavy atom. The number of benzene rings is 2. The number of rotatable bonds is 2. The van der Waals surface area contributed by atoms with Gasteiger partial charge < -0.3 is 5.32 Å². The molecule has 4 rings (SSSR count). The van der Waals surface area contributed by atoms with Gasteiger partial charge in [-0.2, -0.15) is 0 Å². The predicted molar refractivity (Wildman–Crippen MR) is 91.8 cm³/mol. The lowest BCUT2D eigenvalue weighted by Gasteiger charge is -2.25. The summed E-state index contributed by atoms with van der Waals surface area (Å²) in [5, 5.41) is 5.64. The van der Waals surface area contributed by atoms with Crippen molar-refractivity contribution in [1.82, 2.24) is 9.55 Å². The highest BCUT2D eigenvalue weighted by atomic mass is 16.2. The number of aryl methyl sites for hydroxylation is 1. The van der Waals surface area contributed by atoms with Crippen molar-refractivity contribution in [3.63, 3.8) is 0 Å². The zero-order chi connectivity index (χ0) is 16.7. The number of hydrogen-bond donors (Lipinski definition) is 2. The third-order valence-corrected chi connectivity index (χ3v) is 4.13. The van der Waals surface area contributed by atoms with Crippen molar-refractivity contribution in [2.24, 2.45) is 0 Å². The molecule has 0 fully saturated rings. The lowest BCUT2D eigenvalue weighted by atomic mass is 10.1. The first-order chi connectivity index (χ1) is 11.6. The van der Waals surface area contributed by atoms with Gasteiger partial charge in [0.15, 0.2) is 0 Å². The normalized spacial score (nSPS) is 16.5. The Morgan fingerprint density at radius 2 is 2.08 bits per heavy atom. The number of anilines is 2. The molecule has 24 heavy (non-hydrogen) atoms. The third-order valence-electron chi connectivity index (χ3n) is 4.13. The Morgan fingerprint density at radius 1 is 1.25 bits per heavy atom. The molecular weight excluding hydrogens is 304 g/mol. The Kier molecular flexibility index (Phi) is 3.30. The summed E-state index contributed by atoms with van der Waals surface area (Å²) >= 11 is 0. The molecule has 0 bridgehead atoms. The molecule has 6 nitrogen and oxygen atoms in total. The van der Waals surface area contributed by atoms with Crippen LogP contribution in [0.5, 0.6) is 0 Å². The van der Waals surface area contributed by atoms with E-state index in [-0.39, 0.29) is 18.2 Å². The molecule has 3 aromatic rings. The van der Waals surface area contributed by atoms with Crippen molar-refractivity contribution in [3.05, 3.63) is 54.1 Å². The van der Waals surface area contributed by atoms with Crippen LogP contribution in [0.25, 0.3) is 11.0 Å². The summed E-state index contributed by atoms with van der Waals surface area (Å²) in [5.74, 6) is -0.0149. The molecule has 2 amide bonds. The fourth-order valence-electron chi connectivity index (χ4n) is 3.05. The maximum atomic E-state index is 12.8. The summed E-state index contributed by atoms with van der Waals surface area (Å²) in [6, 6.07) is 14.5. The van der Waals surface area contributed by atoms with Gasteiger partial charge in [-0.25, -0.2) is 4.98 Å². The molecule has 1 aliphatic heterocycles. The maximum absolute atomic E-state index is 12.8. The SMILES string of the molecule is Cc1cccc(NC(=O)C2CC(=O)Nc3nc4ccccc4n32)c1. The molecule has 0 aliphatic carbocycles. The van der Waals surface area contributed by atoms with E-state index in [1.165, 1.54) is 0 Å². The second kappa shape index (κ2) is 5.49. The van der Waals surface area contributed by atoms with Gasteiger partial charge in [0.05, 0.1) is 17.5 Å². The van der Waals surface area contributed by atoms with Crippen LogP contribution in [0.15, 0.2) is 48.5 Å². The Bertz CT molecular complexity index is 961. The van der Waals surface area contributed by atoms with Crippen molar-refractivity contribution in [2.45, 2.75) is 19.4 Å². The van der Waals surface area contributed by atoms with Crippen LogP contribution in [-0.2, 0) is 9.59 Å². The van der Waals surface area contributed by atoms with Crippen LogP contribution >= 0.6 is 0 Å². The van der Waals surface area contributed by atoms with E-state index in [2.05, 4.69) is 15.6 Å². The molecule has 1 atom stereocenters. The molecule has 2 aromatic carbocycles. The van der Waals surface area contributed by atoms with E-state index >= 15 is 0 Å². The number of fused-ring (bicyclic) bond motifs is 3. The zero-order valence-corrected chi connectivity index (χ0v) is 13.1. The Labute approximate surface area is 138 Å². The Balaban J connectivity index is 1.73. The highest BCUT2D eigenvalue weighted by Gasteiger charge is 2.32. The van der Waals surface area contributed by atoms with Crippen LogP contribution in [0.1, 0.15) is 18.0 Å². The number of carbonyl (C=O) groups is 2. The monoisotopic (exact) mass is 320 g/mol. The minimum atomic E-state index is -0.623. The minimum absolute atomic E-state index is 0.0883. The van der Waals surface area contributed by atoms with Crippen LogP contribution in [-0.4, -0.2) is 21.4 Å². The van der Waals surface area contributed by atoms with Crippen molar-refractivity contribution >= 4 is 34.5 Å². The average Bonchev–Trinajstić information content (AvgIpc) is 2.92. The van der Waals surface area contributed by atoms with Crippen LogP contribution < -0.4 is 10.6 Å². The molecule has 1 unspecified atom stereocenters. The summed E-state index contributed by atoms with van der Waals surface area (Å²) in [4.78, 5) is 29.2. The van der Waals surface area contributed by atoms with E-state index < -0.39 is 6.04 Å². The fourth-order valence-corrected chi connectivity index (χ4v) is 3.05. The number of hydrogen-bond acceptors (Lipinski definition) is 3. The van der Waals surface area contributed by atoms with E-state index in [0.717, 1.165) is 22.3 Å². The molecule has 0 spiro atoms. The van der Waals surface area contributed by atoms with Crippen LogP contribution in [0.4, 0.5) is 11.6 Å². The summed E-state index contributed by atoms with van der Waals surface area (Å²) < 4.78 is 1.79. The molecule has 2 heterocycles. The van der Waals surface area contributed by atoms with Gasteiger partial charge in [-0.3, -0.25) is 19.5 Å². The standard InChI is InChI=1S/C18H16N4O2/c1-11-5-4-6-12(9-11)19-17(24)15-10-16(23)21-18-20-13-7-2-3-8-14(13)22(15)18/h2-9,15H,10H2,1H3,(H,19,24)(H,20,21,23). The summed E-state index contributed by atoms with van der Waals surface area (Å²) in [5.41, 5.74) is 3.36. The molecule has 0 saturated heterocycles. The zero-order valence-electron chi connectivity index (χ0n) is 13.1. The van der Waals surface area contributed by atoms with Crippen LogP contribution in [0, 0.1) is 6.92 Å². The van der Waals surface area contributed by atoms with Gasteiger partial charge in [0, 0.05) is 5.69 Å². The number of aromatic nitrogens is 2. The molecule has 1 aliphatic rings. The molecule has 2 N–H and O–H groups in total. The number of imidazole rings is 1. The number of nitrogens with zero attached hydrogens (tertiary/aromatic N) is 2. The molecular formula is C18H16N4O2. The van der Waals surface area contributed by atoms with Gasteiger partial charge in [-0.05, 0) is 36.8 Å². The first-order valence-corrected chi connectivity index (χ1v) is 7.76. The molecule has 0 saturated carbocycles. The number of para-hydroxylation sites is 2. The predicted octanol–water partition coefficient (Wildman–Crippen LogP) is 2.87. The van der Waals surface area contributed by atoms with E-state index in [0.29, 0.717) is 5.95 Å². The smallest absolute Gasteiger partial charge is 0.248 e. The third kappa shape index (κ3) is 2.42. The minimum Gasteiger partial charge on any atom is -0.324 e. The first-order valence-electron chi connectivity index (χ1n) is 7.76. The lowest BCUT2D eigenvalue weighted by molar-refractivity contribution is -0.124. The highest BCUT2D eigenvalue weighted by Crippen LogP contribution is 2.31. The second-order valence-electron chi connectivity index (χ2n) is 5.92. The second-order valence-corrected chi connectivity index (χ2v) is 5.92. The quantitative estimate of drug-likeness (QED) is 0.762. The lowest BCUT2D eigenvalue weighted by Crippen LogP contribution is -2.35. The van der Waals surface area contributed by atoms with Gasteiger partial charge in [0.1, 0.15) is 6.04 Å². The summed E-state index contributed by atoms with van der Waals surface area (Å²) in [7, 11) is 0. The van der Waals surface area contributed by atoms with E-state index in [4.69, 9.17) is 0 Å². The maximum Gasteiger partial charge on any atom is 0.248 e. The summed E-state index contributed by atoms with van der Waals surface area (Å²) in [6.07, 6.45) is 0.0883. The number of nitrogens with one attached hydrogen (secondary N) is 2. The van der Waals surface area contributed by atoms with Crippen molar-refractivity contribution in [2.75, 3.05) is 10.6 Å². The van der Waals surface area contributed by atoms with Crippen LogP contribution in [0.2, 0.25) is 0 Å². The molecule has 6 heteroatoms. The van der Waals surface area contributed by atoms with Gasteiger partial charge in [0.2, 0.25) is 17.8 Å². The van der Waals surface area contributed by atoms with Crippen molar-refractivity contribution in [1.29, 1.82) is 0 Å². The van der Waals surface area contributed by atoms with Gasteiger partial charge >= 0.3 is 0 Å². The molecule has 1 aromatic heterocycles. The van der Waals surface area contributed by atoms with E-state index in [1.807, 2.05) is 55.5 Å². The topological polar surface area (TPSA) is 76.0 Å². The van der Waals surface area contributed by atoms with Crippen molar-refractivity contribution < 1.29 is 9.59 Å². The van der Waals surface area contributed by atoms with E-state index in [1.54, 1.807) is 4.57 Å². The summed E-state index contributed by atoms with van der Waals surface area (Å²) in [6.45, 7) is 1.96. The van der Waals surface area contributed by atoms with Gasteiger partial charge in [-0.1, -0.05) is 24.3 Å². The van der Waals surface area contributed by atoms with E-state index in [9.17, 15) is 9.59 Å². The van der Waals surface area contributed by atoms with Crippen molar-refractivity contribution in [3.8, 4) is 0 Å². The molecule has 120 valence electrons. The number of carbonyl (C=O) groups excluding carboxylic acids is 2. The largest absolute Gasteiger partial charge is 0.324 e. The Hall–Kier alpha value is -3.15. The highest BCUT2D eigenvalue weighted by molar-refractivity contribution is 6.02. The first kappa shape index (κ1) is 14.4. The molecule has 0 radical (unpaired) electrons. The van der Waals surface area contributed by atoms with Crippen LogP contribution in [0.3, 0.4) is 0 Å².